The topological polar surface area (TPSA) is 66.7 Å². The molecule has 1 heterocycles. The predicted molar refractivity (Wildman–Crippen MR) is 72.2 cm³/mol. The highest BCUT2D eigenvalue weighted by molar-refractivity contribution is 5.79. The Morgan fingerprint density at radius 3 is 2.88 bits per heavy atom. The molecule has 0 aliphatic heterocycles. The number of anilines is 1. The first-order valence-corrected chi connectivity index (χ1v) is 5.95. The van der Waals surface area contributed by atoms with Gasteiger partial charge in [0.15, 0.2) is 0 Å². The Kier molecular flexibility index (Phi) is 3.07. The van der Waals surface area contributed by atoms with Gasteiger partial charge in [0, 0.05) is 11.2 Å². The summed E-state index contributed by atoms with van der Waals surface area (Å²) in [6.45, 7) is 6.96. The fourth-order valence-electron chi connectivity index (χ4n) is 2.03. The van der Waals surface area contributed by atoms with Crippen molar-refractivity contribution in [3.63, 3.8) is 0 Å². The number of benzene rings is 1. The van der Waals surface area contributed by atoms with E-state index in [4.69, 9.17) is 5.73 Å². The molecule has 2 rings (SSSR count). The SMILES string of the molecule is Cc1nc2ccc(NC(C)(C)CCN)cc2[nH]1. The number of aromatic amines is 1. The maximum Gasteiger partial charge on any atom is 0.104 e. The van der Waals surface area contributed by atoms with Crippen molar-refractivity contribution < 1.29 is 0 Å². The third kappa shape index (κ3) is 2.77. The lowest BCUT2D eigenvalue weighted by Gasteiger charge is -2.27. The van der Waals surface area contributed by atoms with Crippen molar-refractivity contribution in [2.75, 3.05) is 11.9 Å². The molecule has 4 heteroatoms. The van der Waals surface area contributed by atoms with Crippen molar-refractivity contribution in [2.24, 2.45) is 5.73 Å². The first-order valence-electron chi connectivity index (χ1n) is 5.95. The Labute approximate surface area is 102 Å². The molecular weight excluding hydrogens is 212 g/mol. The first-order chi connectivity index (χ1) is 8.00. The minimum absolute atomic E-state index is 0.0114. The lowest BCUT2D eigenvalue weighted by molar-refractivity contribution is 0.527. The van der Waals surface area contributed by atoms with E-state index < -0.39 is 0 Å². The summed E-state index contributed by atoms with van der Waals surface area (Å²) in [5.74, 6) is 0.943. The van der Waals surface area contributed by atoms with Crippen LogP contribution in [0.2, 0.25) is 0 Å². The molecule has 0 bridgehead atoms. The zero-order chi connectivity index (χ0) is 12.5. The number of nitrogens with zero attached hydrogens (tertiary/aromatic N) is 1. The Bertz CT molecular complexity index is 513. The minimum Gasteiger partial charge on any atom is -0.380 e. The average molecular weight is 232 g/mol. The Hall–Kier alpha value is -1.55. The number of nitrogens with two attached hydrogens (primary N) is 1. The molecule has 0 saturated heterocycles. The number of H-pyrrole nitrogens is 1. The van der Waals surface area contributed by atoms with Crippen LogP contribution in [0.4, 0.5) is 5.69 Å². The molecule has 92 valence electrons. The summed E-state index contributed by atoms with van der Waals surface area (Å²) in [5.41, 5.74) is 8.78. The number of hydrogen-bond acceptors (Lipinski definition) is 3. The lowest BCUT2D eigenvalue weighted by atomic mass is 10.0. The van der Waals surface area contributed by atoms with Crippen LogP contribution in [-0.4, -0.2) is 22.1 Å². The number of fused-ring (bicyclic) bond motifs is 1. The molecule has 4 N–H and O–H groups in total. The highest BCUT2D eigenvalue weighted by atomic mass is 15.0. The van der Waals surface area contributed by atoms with Crippen LogP contribution in [0.5, 0.6) is 0 Å². The number of aryl methyl sites for hydroxylation is 1. The summed E-state index contributed by atoms with van der Waals surface area (Å²) in [6, 6.07) is 6.17. The minimum atomic E-state index is 0.0114. The molecule has 1 aromatic carbocycles. The van der Waals surface area contributed by atoms with Crippen LogP contribution < -0.4 is 11.1 Å². The zero-order valence-corrected chi connectivity index (χ0v) is 10.7. The maximum absolute atomic E-state index is 5.61. The van der Waals surface area contributed by atoms with E-state index in [1.165, 1.54) is 0 Å². The number of rotatable bonds is 4. The van der Waals surface area contributed by atoms with Gasteiger partial charge in [0.05, 0.1) is 11.0 Å². The van der Waals surface area contributed by atoms with Gasteiger partial charge in [-0.25, -0.2) is 4.98 Å². The summed E-state index contributed by atoms with van der Waals surface area (Å²) in [4.78, 5) is 7.62. The molecule has 0 aliphatic carbocycles. The quantitative estimate of drug-likeness (QED) is 0.758. The molecule has 0 unspecified atom stereocenters. The van der Waals surface area contributed by atoms with E-state index in [9.17, 15) is 0 Å². The molecule has 4 nitrogen and oxygen atoms in total. The summed E-state index contributed by atoms with van der Waals surface area (Å²) >= 11 is 0. The molecule has 0 aliphatic rings. The maximum atomic E-state index is 5.61. The zero-order valence-electron chi connectivity index (χ0n) is 10.7. The summed E-state index contributed by atoms with van der Waals surface area (Å²) < 4.78 is 0. The monoisotopic (exact) mass is 232 g/mol. The Morgan fingerprint density at radius 2 is 2.18 bits per heavy atom. The molecule has 0 atom stereocenters. The molecule has 17 heavy (non-hydrogen) atoms. The third-order valence-electron chi connectivity index (χ3n) is 2.85. The van der Waals surface area contributed by atoms with Gasteiger partial charge in [-0.05, 0) is 51.9 Å². The molecule has 0 radical (unpaired) electrons. The fourth-order valence-corrected chi connectivity index (χ4v) is 2.03. The third-order valence-corrected chi connectivity index (χ3v) is 2.85. The van der Waals surface area contributed by atoms with E-state index in [0.29, 0.717) is 6.54 Å². The van der Waals surface area contributed by atoms with Gasteiger partial charge in [-0.1, -0.05) is 0 Å². The van der Waals surface area contributed by atoms with Crippen LogP contribution in [0.25, 0.3) is 11.0 Å². The number of nitrogens with one attached hydrogen (secondary N) is 2. The smallest absolute Gasteiger partial charge is 0.104 e. The second-order valence-corrected chi connectivity index (χ2v) is 5.10. The van der Waals surface area contributed by atoms with Crippen LogP contribution in [0, 0.1) is 6.92 Å². The van der Waals surface area contributed by atoms with Crippen LogP contribution >= 0.6 is 0 Å². The van der Waals surface area contributed by atoms with Crippen LogP contribution in [0.15, 0.2) is 18.2 Å². The van der Waals surface area contributed by atoms with Crippen molar-refractivity contribution in [1.82, 2.24) is 9.97 Å². The van der Waals surface area contributed by atoms with Gasteiger partial charge in [0.2, 0.25) is 0 Å². The van der Waals surface area contributed by atoms with Gasteiger partial charge < -0.3 is 16.0 Å². The summed E-state index contributed by atoms with van der Waals surface area (Å²) in [7, 11) is 0. The molecule has 2 aromatic rings. The molecule has 0 spiro atoms. The molecular formula is C13H20N4. The van der Waals surface area contributed by atoms with E-state index in [0.717, 1.165) is 29.0 Å². The van der Waals surface area contributed by atoms with Crippen LogP contribution in [0.1, 0.15) is 26.1 Å². The first kappa shape index (κ1) is 11.9. The van der Waals surface area contributed by atoms with Gasteiger partial charge in [0.25, 0.3) is 0 Å². The van der Waals surface area contributed by atoms with E-state index >= 15 is 0 Å². The van der Waals surface area contributed by atoms with Gasteiger partial charge in [-0.2, -0.15) is 0 Å². The van der Waals surface area contributed by atoms with E-state index in [1.807, 2.05) is 13.0 Å². The summed E-state index contributed by atoms with van der Waals surface area (Å²) in [6.07, 6.45) is 0.938. The highest BCUT2D eigenvalue weighted by Gasteiger charge is 2.16. The van der Waals surface area contributed by atoms with Gasteiger partial charge in [-0.15, -0.1) is 0 Å². The predicted octanol–water partition coefficient (Wildman–Crippen LogP) is 2.41. The van der Waals surface area contributed by atoms with E-state index in [-0.39, 0.29) is 5.54 Å². The highest BCUT2D eigenvalue weighted by Crippen LogP contribution is 2.21. The number of hydrogen-bond donors (Lipinski definition) is 3. The standard InChI is InChI=1S/C13H20N4/c1-9-15-11-5-4-10(8-12(11)16-9)17-13(2,3)6-7-14/h4-5,8,17H,6-7,14H2,1-3H3,(H,15,16). The van der Waals surface area contributed by atoms with Gasteiger partial charge in [0.1, 0.15) is 5.82 Å². The van der Waals surface area contributed by atoms with Crippen molar-refractivity contribution in [3.8, 4) is 0 Å². The largest absolute Gasteiger partial charge is 0.380 e. The van der Waals surface area contributed by atoms with E-state index in [2.05, 4.69) is 41.3 Å². The number of aromatic nitrogens is 2. The number of imidazole rings is 1. The van der Waals surface area contributed by atoms with Crippen molar-refractivity contribution in [3.05, 3.63) is 24.0 Å². The Morgan fingerprint density at radius 1 is 1.41 bits per heavy atom. The van der Waals surface area contributed by atoms with E-state index in [1.54, 1.807) is 0 Å². The van der Waals surface area contributed by atoms with Crippen molar-refractivity contribution in [2.45, 2.75) is 32.7 Å². The normalized spacial score (nSPS) is 12.0. The van der Waals surface area contributed by atoms with Gasteiger partial charge >= 0.3 is 0 Å². The van der Waals surface area contributed by atoms with Crippen LogP contribution in [-0.2, 0) is 0 Å². The second kappa shape index (κ2) is 4.37. The molecule has 0 saturated carbocycles. The average Bonchev–Trinajstić information content (AvgIpc) is 2.56. The molecule has 0 fully saturated rings. The summed E-state index contributed by atoms with van der Waals surface area (Å²) in [5, 5.41) is 3.49. The molecule has 1 aromatic heterocycles. The van der Waals surface area contributed by atoms with Gasteiger partial charge in [-0.3, -0.25) is 0 Å². The van der Waals surface area contributed by atoms with Crippen LogP contribution in [0.3, 0.4) is 0 Å². The van der Waals surface area contributed by atoms with Crippen molar-refractivity contribution >= 4 is 16.7 Å². The fraction of sp³-hybridized carbons (Fsp3) is 0.462. The molecule has 0 amide bonds. The Balaban J connectivity index is 2.24. The lowest BCUT2D eigenvalue weighted by Crippen LogP contribution is -2.33. The second-order valence-electron chi connectivity index (χ2n) is 5.10. The van der Waals surface area contributed by atoms with Crippen molar-refractivity contribution in [1.29, 1.82) is 0 Å².